The number of carboxylic acids is 1. The van der Waals surface area contributed by atoms with Crippen molar-refractivity contribution in [3.8, 4) is 0 Å². The van der Waals surface area contributed by atoms with Crippen molar-refractivity contribution in [1.82, 2.24) is 4.90 Å². The lowest BCUT2D eigenvalue weighted by Gasteiger charge is -2.16. The Hall–Kier alpha value is -1.66. The Balaban J connectivity index is 2.07. The molecule has 1 unspecified atom stereocenters. The van der Waals surface area contributed by atoms with Crippen molar-refractivity contribution in [2.75, 3.05) is 19.7 Å². The summed E-state index contributed by atoms with van der Waals surface area (Å²) in [5.41, 5.74) is 0.646. The smallest absolute Gasteiger partial charge is 0.328 e. The van der Waals surface area contributed by atoms with Gasteiger partial charge in [-0.05, 0) is 41.8 Å². The molecule has 1 atom stereocenters. The lowest BCUT2D eigenvalue weighted by atomic mass is 10.1. The zero-order valence-corrected chi connectivity index (χ0v) is 11.8. The minimum Gasteiger partial charge on any atom is -0.478 e. The molecule has 0 bridgehead atoms. The summed E-state index contributed by atoms with van der Waals surface area (Å²) in [6.07, 6.45) is 4.13. The van der Waals surface area contributed by atoms with Crippen LogP contribution in [0.4, 0.5) is 0 Å². The Morgan fingerprint density at radius 1 is 1.50 bits per heavy atom. The van der Waals surface area contributed by atoms with Gasteiger partial charge in [0.15, 0.2) is 0 Å². The van der Waals surface area contributed by atoms with Crippen LogP contribution in [0.15, 0.2) is 17.5 Å². The highest BCUT2D eigenvalue weighted by Gasteiger charge is 2.27. The zero-order chi connectivity index (χ0) is 14.5. The molecular weight excluding hydrogens is 278 g/mol. The van der Waals surface area contributed by atoms with Crippen molar-refractivity contribution in [1.29, 1.82) is 0 Å². The van der Waals surface area contributed by atoms with Gasteiger partial charge < -0.3 is 15.1 Å². The van der Waals surface area contributed by atoms with E-state index in [0.717, 1.165) is 18.9 Å². The summed E-state index contributed by atoms with van der Waals surface area (Å²) < 4.78 is 0. The minimum absolute atomic E-state index is 0.0505. The van der Waals surface area contributed by atoms with Gasteiger partial charge >= 0.3 is 5.97 Å². The van der Waals surface area contributed by atoms with Gasteiger partial charge in [-0.25, -0.2) is 4.79 Å². The highest BCUT2D eigenvalue weighted by atomic mass is 32.1. The number of amides is 1. The highest BCUT2D eigenvalue weighted by molar-refractivity contribution is 7.12. The molecule has 6 heteroatoms. The third-order valence-corrected chi connectivity index (χ3v) is 4.32. The van der Waals surface area contributed by atoms with Gasteiger partial charge in [-0.15, -0.1) is 11.3 Å². The number of carboxylic acid groups (broad SMARTS) is 1. The van der Waals surface area contributed by atoms with Gasteiger partial charge in [0.2, 0.25) is 0 Å². The SMILES string of the molecule is O=C(O)/C=C/c1ccsc1C(=O)N1CCC(CCO)C1. The molecule has 1 aromatic rings. The maximum absolute atomic E-state index is 12.4. The van der Waals surface area contributed by atoms with E-state index in [1.807, 2.05) is 0 Å². The van der Waals surface area contributed by atoms with Crippen LogP contribution in [0.5, 0.6) is 0 Å². The summed E-state index contributed by atoms with van der Waals surface area (Å²) in [5, 5.41) is 19.4. The van der Waals surface area contributed by atoms with E-state index in [2.05, 4.69) is 0 Å². The van der Waals surface area contributed by atoms with E-state index in [9.17, 15) is 9.59 Å². The van der Waals surface area contributed by atoms with Crippen LogP contribution in [-0.4, -0.2) is 46.7 Å². The van der Waals surface area contributed by atoms with Gasteiger partial charge in [0.05, 0.1) is 4.88 Å². The van der Waals surface area contributed by atoms with Gasteiger partial charge in [-0.2, -0.15) is 0 Å². The molecule has 2 N–H and O–H groups in total. The third-order valence-electron chi connectivity index (χ3n) is 3.41. The Morgan fingerprint density at radius 3 is 3.00 bits per heavy atom. The van der Waals surface area contributed by atoms with Gasteiger partial charge in [0.25, 0.3) is 5.91 Å². The van der Waals surface area contributed by atoms with Crippen molar-refractivity contribution in [2.24, 2.45) is 5.92 Å². The molecular formula is C14H17NO4S. The Kier molecular flexibility index (Phi) is 4.92. The number of aliphatic hydroxyl groups is 1. The number of likely N-dealkylation sites (tertiary alicyclic amines) is 1. The van der Waals surface area contributed by atoms with E-state index in [1.165, 1.54) is 17.4 Å². The number of aliphatic carboxylic acids is 1. The van der Waals surface area contributed by atoms with E-state index >= 15 is 0 Å². The van der Waals surface area contributed by atoms with Crippen LogP contribution in [-0.2, 0) is 4.79 Å². The third kappa shape index (κ3) is 3.46. The molecule has 1 saturated heterocycles. The zero-order valence-electron chi connectivity index (χ0n) is 11.0. The number of aliphatic hydroxyl groups excluding tert-OH is 1. The predicted molar refractivity (Wildman–Crippen MR) is 76.7 cm³/mol. The van der Waals surface area contributed by atoms with Crippen LogP contribution < -0.4 is 0 Å². The number of carbonyl (C=O) groups is 2. The quantitative estimate of drug-likeness (QED) is 0.810. The molecule has 1 amide bonds. The van der Waals surface area contributed by atoms with Crippen molar-refractivity contribution >= 4 is 29.3 Å². The summed E-state index contributed by atoms with van der Waals surface area (Å²) in [6.45, 7) is 1.52. The topological polar surface area (TPSA) is 77.8 Å². The first kappa shape index (κ1) is 14.7. The first-order valence-corrected chi connectivity index (χ1v) is 7.38. The number of thiophene rings is 1. The summed E-state index contributed by atoms with van der Waals surface area (Å²) in [6, 6.07) is 1.75. The van der Waals surface area contributed by atoms with Crippen molar-refractivity contribution in [3.63, 3.8) is 0 Å². The summed E-state index contributed by atoms with van der Waals surface area (Å²) in [4.78, 5) is 25.3. The van der Waals surface area contributed by atoms with E-state index in [4.69, 9.17) is 10.2 Å². The van der Waals surface area contributed by atoms with Gasteiger partial charge in [0, 0.05) is 25.8 Å². The van der Waals surface area contributed by atoms with E-state index in [1.54, 1.807) is 16.3 Å². The Labute approximate surface area is 121 Å². The van der Waals surface area contributed by atoms with Gasteiger partial charge in [-0.3, -0.25) is 4.79 Å². The minimum atomic E-state index is -1.03. The molecule has 0 radical (unpaired) electrons. The van der Waals surface area contributed by atoms with Crippen LogP contribution in [0, 0.1) is 5.92 Å². The molecule has 108 valence electrons. The lowest BCUT2D eigenvalue weighted by molar-refractivity contribution is -0.131. The maximum Gasteiger partial charge on any atom is 0.328 e. The first-order chi connectivity index (χ1) is 9.61. The number of rotatable bonds is 5. The monoisotopic (exact) mass is 295 g/mol. The van der Waals surface area contributed by atoms with Crippen LogP contribution in [0.3, 0.4) is 0 Å². The summed E-state index contributed by atoms with van der Waals surface area (Å²) in [7, 11) is 0. The van der Waals surface area contributed by atoms with Crippen molar-refractivity contribution < 1.29 is 19.8 Å². The second-order valence-corrected chi connectivity index (χ2v) is 5.71. The summed E-state index contributed by atoms with van der Waals surface area (Å²) in [5.74, 6) is -0.716. The van der Waals surface area contributed by atoms with Crippen LogP contribution in [0.2, 0.25) is 0 Å². The fourth-order valence-corrected chi connectivity index (χ4v) is 3.22. The molecule has 1 aliphatic heterocycles. The van der Waals surface area contributed by atoms with E-state index in [-0.39, 0.29) is 12.5 Å². The molecule has 5 nitrogen and oxygen atoms in total. The number of hydrogen-bond donors (Lipinski definition) is 2. The summed E-state index contributed by atoms with van der Waals surface area (Å²) >= 11 is 1.33. The van der Waals surface area contributed by atoms with Gasteiger partial charge in [0.1, 0.15) is 0 Å². The van der Waals surface area contributed by atoms with E-state index in [0.29, 0.717) is 29.4 Å². The normalized spacial score (nSPS) is 18.9. The average Bonchev–Trinajstić information content (AvgIpc) is 3.04. The van der Waals surface area contributed by atoms with Crippen LogP contribution in [0.1, 0.15) is 28.1 Å². The fraction of sp³-hybridized carbons (Fsp3) is 0.429. The lowest BCUT2D eigenvalue weighted by Crippen LogP contribution is -2.28. The molecule has 0 spiro atoms. The molecule has 0 aliphatic carbocycles. The highest BCUT2D eigenvalue weighted by Crippen LogP contribution is 2.25. The molecule has 1 aliphatic rings. The van der Waals surface area contributed by atoms with Crippen LogP contribution in [0.25, 0.3) is 6.08 Å². The molecule has 20 heavy (non-hydrogen) atoms. The van der Waals surface area contributed by atoms with E-state index < -0.39 is 5.97 Å². The molecule has 1 fully saturated rings. The Morgan fingerprint density at radius 2 is 2.30 bits per heavy atom. The van der Waals surface area contributed by atoms with Crippen molar-refractivity contribution in [2.45, 2.75) is 12.8 Å². The number of nitrogens with zero attached hydrogens (tertiary/aromatic N) is 1. The van der Waals surface area contributed by atoms with Gasteiger partial charge in [-0.1, -0.05) is 0 Å². The average molecular weight is 295 g/mol. The maximum atomic E-state index is 12.4. The largest absolute Gasteiger partial charge is 0.478 e. The number of hydrogen-bond acceptors (Lipinski definition) is 4. The second kappa shape index (κ2) is 6.67. The number of carbonyl (C=O) groups excluding carboxylic acids is 1. The predicted octanol–water partition coefficient (Wildman–Crippen LogP) is 1.69. The van der Waals surface area contributed by atoms with Crippen LogP contribution >= 0.6 is 11.3 Å². The first-order valence-electron chi connectivity index (χ1n) is 6.50. The van der Waals surface area contributed by atoms with Crippen molar-refractivity contribution in [3.05, 3.63) is 28.0 Å². The second-order valence-electron chi connectivity index (χ2n) is 4.79. The molecule has 2 heterocycles. The molecule has 0 aromatic carbocycles. The standard InChI is InChI=1S/C14H17NO4S/c16-7-4-10-3-6-15(9-10)14(19)13-11(5-8-20-13)1-2-12(17)18/h1-2,5,8,10,16H,3-4,6-7,9H2,(H,17,18)/b2-1+. The molecule has 2 rings (SSSR count). The molecule has 0 saturated carbocycles. The fourth-order valence-electron chi connectivity index (χ4n) is 2.36. The Bertz CT molecular complexity index is 523. The molecule has 1 aromatic heterocycles.